The first-order valence-electron chi connectivity index (χ1n) is 34.0. The molecule has 0 radical (unpaired) electrons. The number of phosphoric acid groups is 1. The fourth-order valence-corrected chi connectivity index (χ4v) is 11.9. The number of phosphoric ester groups is 1. The molecule has 0 aromatic heterocycles. The largest absolute Gasteiger partial charge is 0.472 e. The molecule has 2 aliphatic rings. The van der Waals surface area contributed by atoms with Crippen molar-refractivity contribution in [3.05, 3.63) is 12.2 Å². The summed E-state index contributed by atoms with van der Waals surface area (Å²) in [5.41, 5.74) is 0. The molecule has 0 bridgehead atoms. The first-order chi connectivity index (χ1) is 40.7. The maximum absolute atomic E-state index is 13.9. The molecule has 84 heavy (non-hydrogen) atoms. The van der Waals surface area contributed by atoms with Crippen molar-refractivity contribution in [3.63, 3.8) is 0 Å². The number of ether oxygens (including phenoxy) is 6. The van der Waals surface area contributed by atoms with E-state index in [2.05, 4.69) is 50.5 Å². The molecular weight excluding hydrogens is 1100 g/mol. The molecule has 19 heteroatoms. The molecule has 0 aromatic rings. The van der Waals surface area contributed by atoms with E-state index in [-0.39, 0.29) is 51.1 Å². The van der Waals surface area contributed by atoms with Gasteiger partial charge in [-0.3, -0.25) is 14.1 Å². The summed E-state index contributed by atoms with van der Waals surface area (Å²) in [6.07, 6.45) is 31.1. The van der Waals surface area contributed by atoms with Gasteiger partial charge in [0.25, 0.3) is 0 Å². The molecule has 496 valence electrons. The van der Waals surface area contributed by atoms with Crippen LogP contribution in [0.3, 0.4) is 0 Å². The summed E-state index contributed by atoms with van der Waals surface area (Å²) in [5, 5.41) is 50.9. The highest BCUT2D eigenvalue weighted by Gasteiger charge is 2.51. The lowest BCUT2D eigenvalue weighted by Gasteiger charge is -2.47. The van der Waals surface area contributed by atoms with E-state index in [4.69, 9.17) is 32.9 Å². The van der Waals surface area contributed by atoms with Crippen LogP contribution in [0.15, 0.2) is 12.2 Å². The van der Waals surface area contributed by atoms with Gasteiger partial charge in [-0.15, -0.1) is 0 Å². The number of nitrogens with one attached hydrogen (secondary N) is 2. The fourth-order valence-electron chi connectivity index (χ4n) is 11.4. The predicted octanol–water partition coefficient (Wildman–Crippen LogP) is 12.6. The second kappa shape index (κ2) is 51.2. The zero-order valence-corrected chi connectivity index (χ0v) is 54.3. The zero-order chi connectivity index (χ0) is 61.5. The number of carbonyl (C=O) groups is 2. The minimum atomic E-state index is -5.32. The number of hydrogen-bond acceptors (Lipinski definition) is 14. The minimum Gasteiger partial charge on any atom is -0.396 e. The molecular formula is C65H125N2O16P. The Morgan fingerprint density at radius 2 is 0.976 bits per heavy atom. The highest BCUT2D eigenvalue weighted by molar-refractivity contribution is 7.46. The molecule has 2 heterocycles. The third kappa shape index (κ3) is 37.4. The number of methoxy groups -OCH3 is 1. The molecule has 0 aliphatic carbocycles. The molecule has 1 unspecified atom stereocenters. The third-order valence-electron chi connectivity index (χ3n) is 16.6. The molecule has 0 aromatic carbocycles. The van der Waals surface area contributed by atoms with Crippen LogP contribution < -0.4 is 10.6 Å². The molecule has 2 saturated heterocycles. The van der Waals surface area contributed by atoms with Gasteiger partial charge >= 0.3 is 7.82 Å². The van der Waals surface area contributed by atoms with Crippen molar-refractivity contribution >= 4 is 19.6 Å². The lowest BCUT2D eigenvalue weighted by atomic mass is 9.94. The number of unbranched alkanes of at least 4 members (excludes halogenated alkanes) is 29. The normalized spacial score (nSPS) is 23.8. The Balaban J connectivity index is 2.33. The summed E-state index contributed by atoms with van der Waals surface area (Å²) >= 11 is 0. The topological polar surface area (TPSA) is 261 Å². The van der Waals surface area contributed by atoms with Crippen LogP contribution in [0.5, 0.6) is 0 Å². The predicted molar refractivity (Wildman–Crippen MR) is 332 cm³/mol. The van der Waals surface area contributed by atoms with Crippen LogP contribution >= 0.6 is 7.82 Å². The maximum atomic E-state index is 13.9. The second-order valence-electron chi connectivity index (χ2n) is 24.1. The van der Waals surface area contributed by atoms with Gasteiger partial charge < -0.3 is 69.3 Å². The number of aliphatic hydroxyl groups excluding tert-OH is 4. The van der Waals surface area contributed by atoms with Crippen LogP contribution in [-0.2, 0) is 47.1 Å². The van der Waals surface area contributed by atoms with Crippen molar-refractivity contribution in [2.75, 3.05) is 33.5 Å². The molecule has 2 rings (SSSR count). The third-order valence-corrected chi connectivity index (χ3v) is 17.1. The zero-order valence-electron chi connectivity index (χ0n) is 53.4. The van der Waals surface area contributed by atoms with Crippen LogP contribution in [0.4, 0.5) is 0 Å². The Kier molecular flexibility index (Phi) is 47.8. The molecule has 8 N–H and O–H groups in total. The van der Waals surface area contributed by atoms with Crippen molar-refractivity contribution in [1.29, 1.82) is 0 Å². The van der Waals surface area contributed by atoms with E-state index < -0.39 is 87.7 Å². The Labute approximate surface area is 509 Å². The standard InChI is InChI=1S/C65H125N2O16P/c1-6-10-14-18-21-24-25-26-27-28-29-30-32-36-40-44-56(70)66-58-62(79-49-46-53(77-5)43-39-34-17-13-9-4)60(72)54(45-47-68)81-64(58)80-51-55-61(73)63(78-48-41-37-33-23-20-16-12-8-3)59(65(82-55)83-84(74,75)76)67-57(71)50-52(69)42-38-35-31-22-19-15-11-7-2/h24-25,52-55,58-65,68-69,72-73H,6-23,26-51H2,1-5H3,(H,66,70)(H,67,71)(H2,74,75,76)/t52?,53-,54-,55-,58-,59-,60-,61-,62-,63-,64-,65-/m1/s1. The summed E-state index contributed by atoms with van der Waals surface area (Å²) in [4.78, 5) is 48.1. The first-order valence-corrected chi connectivity index (χ1v) is 35.6. The van der Waals surface area contributed by atoms with Crippen molar-refractivity contribution in [1.82, 2.24) is 10.6 Å². The van der Waals surface area contributed by atoms with Gasteiger partial charge in [0.05, 0.1) is 31.3 Å². The molecule has 2 aliphatic heterocycles. The van der Waals surface area contributed by atoms with Crippen LogP contribution in [0, 0.1) is 0 Å². The van der Waals surface area contributed by atoms with E-state index in [1.54, 1.807) is 7.11 Å². The average Bonchev–Trinajstić information content (AvgIpc) is 1.96. The van der Waals surface area contributed by atoms with Crippen molar-refractivity contribution in [3.8, 4) is 0 Å². The summed E-state index contributed by atoms with van der Waals surface area (Å²) in [6, 6.07) is -2.52. The number of carbonyl (C=O) groups excluding carboxylic acids is 2. The molecule has 2 amide bonds. The monoisotopic (exact) mass is 1220 g/mol. The van der Waals surface area contributed by atoms with Gasteiger partial charge in [0.15, 0.2) is 12.6 Å². The van der Waals surface area contributed by atoms with E-state index in [9.17, 15) is 44.4 Å². The summed E-state index contributed by atoms with van der Waals surface area (Å²) < 4.78 is 55.5. The highest BCUT2D eigenvalue weighted by atomic mass is 31.2. The Morgan fingerprint density at radius 1 is 0.536 bits per heavy atom. The smallest absolute Gasteiger partial charge is 0.396 e. The maximum Gasteiger partial charge on any atom is 0.472 e. The fraction of sp³-hybridized carbons (Fsp3) is 0.938. The van der Waals surface area contributed by atoms with Gasteiger partial charge in [0, 0.05) is 33.4 Å². The van der Waals surface area contributed by atoms with E-state index in [0.717, 1.165) is 128 Å². The lowest BCUT2D eigenvalue weighted by molar-refractivity contribution is -0.300. The van der Waals surface area contributed by atoms with Gasteiger partial charge in [0.2, 0.25) is 11.8 Å². The van der Waals surface area contributed by atoms with Crippen LogP contribution in [0.2, 0.25) is 0 Å². The summed E-state index contributed by atoms with van der Waals surface area (Å²) in [7, 11) is -3.65. The number of aliphatic hydroxyl groups is 4. The van der Waals surface area contributed by atoms with Crippen molar-refractivity contribution in [2.45, 2.75) is 358 Å². The summed E-state index contributed by atoms with van der Waals surface area (Å²) in [6.45, 7) is 8.24. The Morgan fingerprint density at radius 3 is 1.51 bits per heavy atom. The van der Waals surface area contributed by atoms with Gasteiger partial charge in [-0.05, 0) is 64.2 Å². The number of amides is 2. The number of rotatable bonds is 56. The average molecular weight is 1220 g/mol. The van der Waals surface area contributed by atoms with E-state index in [1.165, 1.54) is 83.5 Å². The molecule has 0 spiro atoms. The van der Waals surface area contributed by atoms with E-state index >= 15 is 0 Å². The van der Waals surface area contributed by atoms with E-state index in [0.29, 0.717) is 25.7 Å². The van der Waals surface area contributed by atoms with Gasteiger partial charge in [-0.25, -0.2) is 4.57 Å². The second-order valence-corrected chi connectivity index (χ2v) is 25.3. The SMILES string of the molecule is CCCCCCC=CCCCCCCCCCC(=O)N[C@H]1[C@H](OC[C@H]2O[C@H](OP(=O)(O)O)[C@H](NC(=O)CC(O)CCCCCCCCCC)[C@@H](OCCCCCCCCCC)[C@@H]2O)O[C@H](CCO)[C@@H](O)[C@@H]1OCC[C@@H](CCCCCCC)OC. The number of allylic oxidation sites excluding steroid dienone is 2. The van der Waals surface area contributed by atoms with Crippen LogP contribution in [0.1, 0.15) is 285 Å². The number of hydrogen-bond donors (Lipinski definition) is 8. The molecule has 12 atom stereocenters. The van der Waals surface area contributed by atoms with E-state index in [1.807, 2.05) is 0 Å². The van der Waals surface area contributed by atoms with Crippen molar-refractivity contribution in [2.24, 2.45) is 0 Å². The molecule has 2 fully saturated rings. The summed E-state index contributed by atoms with van der Waals surface area (Å²) in [5.74, 6) is -0.945. The van der Waals surface area contributed by atoms with Gasteiger partial charge in [-0.1, -0.05) is 220 Å². The quantitative estimate of drug-likeness (QED) is 0.0160. The van der Waals surface area contributed by atoms with Crippen LogP contribution in [-0.4, -0.2) is 149 Å². The van der Waals surface area contributed by atoms with Crippen molar-refractivity contribution < 1.29 is 77.3 Å². The first kappa shape index (κ1) is 78.5. The molecule has 0 saturated carbocycles. The highest BCUT2D eigenvalue weighted by Crippen LogP contribution is 2.41. The molecule has 18 nitrogen and oxygen atoms in total. The minimum absolute atomic E-state index is 0.000438. The lowest BCUT2D eigenvalue weighted by Crippen LogP contribution is -2.67. The van der Waals surface area contributed by atoms with Crippen LogP contribution in [0.25, 0.3) is 0 Å². The van der Waals surface area contributed by atoms with Gasteiger partial charge in [-0.2, -0.15) is 0 Å². The Bertz CT molecular complexity index is 1650. The van der Waals surface area contributed by atoms with Gasteiger partial charge in [0.1, 0.15) is 42.6 Å². The Hall–Kier alpha value is -1.61.